The number of amides is 3. The third-order valence-electron chi connectivity index (χ3n) is 5.91. The number of hydrazone groups is 1. The van der Waals surface area contributed by atoms with E-state index in [0.717, 1.165) is 17.4 Å². The molecule has 3 aromatic rings. The topological polar surface area (TPSA) is 156 Å². The summed E-state index contributed by atoms with van der Waals surface area (Å²) in [6.45, 7) is 6.48. The van der Waals surface area contributed by atoms with E-state index in [1.807, 2.05) is 24.3 Å². The monoisotopic (exact) mass is 563 g/mol. The summed E-state index contributed by atoms with van der Waals surface area (Å²) in [6.07, 6.45) is 1.11. The largest absolute Gasteiger partial charge is 0.326 e. The lowest BCUT2D eigenvalue weighted by Crippen LogP contribution is -2.34. The number of nitrogens with one attached hydrogen (secondary N) is 4. The molecule has 3 amide bonds. The predicted molar refractivity (Wildman–Crippen MR) is 155 cm³/mol. The lowest BCUT2D eigenvalue weighted by Gasteiger charge is -2.25. The first-order valence-corrected chi connectivity index (χ1v) is 14.2. The Morgan fingerprint density at radius 2 is 1.62 bits per heavy atom. The fourth-order valence-corrected chi connectivity index (χ4v) is 4.39. The summed E-state index contributed by atoms with van der Waals surface area (Å²) >= 11 is 0. The Balaban J connectivity index is 1.89. The van der Waals surface area contributed by atoms with Crippen molar-refractivity contribution in [2.24, 2.45) is 10.2 Å². The zero-order valence-electron chi connectivity index (χ0n) is 23.0. The van der Waals surface area contributed by atoms with Crippen molar-refractivity contribution in [3.8, 4) is 0 Å². The molecule has 40 heavy (non-hydrogen) atoms. The SMILES string of the molecule is CN/N=C(\N=N)NC(=O)c1ccc(CN(C(=O)Nc2cccc(S(C)(=O)=O)c2)c2ccc(C(C)(C)C)cc2)cc1. The Morgan fingerprint density at radius 3 is 2.17 bits per heavy atom. The molecule has 0 unspecified atom stereocenters. The van der Waals surface area contributed by atoms with E-state index in [9.17, 15) is 18.0 Å². The van der Waals surface area contributed by atoms with Gasteiger partial charge in [0.25, 0.3) is 11.9 Å². The summed E-state index contributed by atoms with van der Waals surface area (Å²) in [5.74, 6) is -0.673. The molecule has 0 aliphatic rings. The van der Waals surface area contributed by atoms with Gasteiger partial charge in [0, 0.05) is 30.2 Å². The maximum atomic E-state index is 13.5. The Hall–Kier alpha value is -4.58. The first-order chi connectivity index (χ1) is 18.8. The number of guanidine groups is 1. The van der Waals surface area contributed by atoms with Gasteiger partial charge < -0.3 is 10.7 Å². The number of hydrogen-bond donors (Lipinski definition) is 4. The van der Waals surface area contributed by atoms with Gasteiger partial charge >= 0.3 is 6.03 Å². The third-order valence-corrected chi connectivity index (χ3v) is 7.02. The van der Waals surface area contributed by atoms with Crippen molar-refractivity contribution in [3.05, 3.63) is 89.5 Å². The molecule has 0 aliphatic carbocycles. The molecular weight excluding hydrogens is 530 g/mol. The van der Waals surface area contributed by atoms with Crippen LogP contribution in [0.25, 0.3) is 0 Å². The molecule has 0 spiro atoms. The first-order valence-electron chi connectivity index (χ1n) is 12.3. The Morgan fingerprint density at radius 1 is 0.975 bits per heavy atom. The number of carbonyl (C=O) groups is 2. The Labute approximate surface area is 234 Å². The minimum Gasteiger partial charge on any atom is -0.310 e. The van der Waals surface area contributed by atoms with Crippen LogP contribution in [0.5, 0.6) is 0 Å². The highest BCUT2D eigenvalue weighted by molar-refractivity contribution is 7.90. The molecule has 0 aliphatic heterocycles. The van der Waals surface area contributed by atoms with Crippen LogP contribution in [0.15, 0.2) is 87.9 Å². The van der Waals surface area contributed by atoms with Crippen molar-refractivity contribution in [2.75, 3.05) is 23.5 Å². The molecule has 210 valence electrons. The fraction of sp³-hybridized carbons (Fsp3) is 0.250. The summed E-state index contributed by atoms with van der Waals surface area (Å²) in [7, 11) is -1.93. The molecule has 4 N–H and O–H groups in total. The minimum absolute atomic E-state index is 0.0703. The lowest BCUT2D eigenvalue weighted by atomic mass is 9.87. The molecular formula is C28H33N7O4S. The van der Waals surface area contributed by atoms with Crippen LogP contribution in [0.1, 0.15) is 42.3 Å². The Kier molecular flexibility index (Phi) is 9.38. The molecule has 0 aromatic heterocycles. The van der Waals surface area contributed by atoms with Gasteiger partial charge in [0.15, 0.2) is 9.84 Å². The number of benzene rings is 3. The zero-order valence-corrected chi connectivity index (χ0v) is 23.8. The van der Waals surface area contributed by atoms with Gasteiger partial charge in [0.1, 0.15) is 0 Å². The summed E-state index contributed by atoms with van der Waals surface area (Å²) in [5, 5.41) is 12.1. The summed E-state index contributed by atoms with van der Waals surface area (Å²) in [5.41, 5.74) is 12.6. The normalized spacial score (nSPS) is 11.9. The van der Waals surface area contributed by atoms with Gasteiger partial charge in [-0.2, -0.15) is 0 Å². The van der Waals surface area contributed by atoms with Gasteiger partial charge in [-0.25, -0.2) is 18.7 Å². The average molecular weight is 564 g/mol. The van der Waals surface area contributed by atoms with E-state index >= 15 is 0 Å². The van der Waals surface area contributed by atoms with E-state index in [0.29, 0.717) is 16.9 Å². The maximum absolute atomic E-state index is 13.5. The molecule has 11 nitrogen and oxygen atoms in total. The van der Waals surface area contributed by atoms with E-state index in [4.69, 9.17) is 5.53 Å². The lowest BCUT2D eigenvalue weighted by molar-refractivity contribution is 0.0976. The number of carbonyl (C=O) groups excluding carboxylic acids is 2. The number of hydrogen-bond acceptors (Lipinski definition) is 7. The van der Waals surface area contributed by atoms with Crippen LogP contribution in [0.4, 0.5) is 16.2 Å². The minimum atomic E-state index is -3.45. The van der Waals surface area contributed by atoms with Gasteiger partial charge in [0.2, 0.25) is 0 Å². The molecule has 0 fully saturated rings. The molecule has 12 heteroatoms. The van der Waals surface area contributed by atoms with Gasteiger partial charge in [-0.15, -0.1) is 10.2 Å². The van der Waals surface area contributed by atoms with Gasteiger partial charge in [-0.1, -0.05) is 51.1 Å². The number of rotatable bonds is 7. The van der Waals surface area contributed by atoms with Crippen LogP contribution in [0.2, 0.25) is 0 Å². The first kappa shape index (κ1) is 30.0. The summed E-state index contributed by atoms with van der Waals surface area (Å²) in [6, 6.07) is 19.9. The van der Waals surface area contributed by atoms with Crippen molar-refractivity contribution in [1.29, 1.82) is 5.53 Å². The van der Waals surface area contributed by atoms with Crippen LogP contribution in [-0.4, -0.2) is 39.6 Å². The fourth-order valence-electron chi connectivity index (χ4n) is 3.72. The van der Waals surface area contributed by atoms with Gasteiger partial charge in [-0.3, -0.25) is 15.0 Å². The predicted octanol–water partition coefficient (Wildman–Crippen LogP) is 4.88. The van der Waals surface area contributed by atoms with Gasteiger partial charge in [0.05, 0.1) is 11.4 Å². The highest BCUT2D eigenvalue weighted by Crippen LogP contribution is 2.27. The third kappa shape index (κ3) is 7.96. The molecule has 0 radical (unpaired) electrons. The number of sulfone groups is 1. The highest BCUT2D eigenvalue weighted by Gasteiger charge is 2.20. The van der Waals surface area contributed by atoms with E-state index < -0.39 is 21.8 Å². The van der Waals surface area contributed by atoms with Crippen molar-refractivity contribution in [3.63, 3.8) is 0 Å². The van der Waals surface area contributed by atoms with Crippen LogP contribution in [0, 0.1) is 5.53 Å². The molecule has 0 saturated carbocycles. The molecule has 3 rings (SSSR count). The number of urea groups is 1. The standard InChI is InChI=1S/C28H33N7O4S/c1-28(2,3)21-13-15-23(16-14-21)35(27(37)31-22-7-6-8-24(17-22)40(5,38)39)18-19-9-11-20(12-10-19)25(36)32-26(33-29)34-30-4/h6-17,29-30H,18H2,1-5H3,(H,31,37)(H,32,34,36). The second-order valence-electron chi connectivity index (χ2n) is 10.0. The van der Waals surface area contributed by atoms with Crippen molar-refractivity contribution < 1.29 is 18.0 Å². The quantitative estimate of drug-likeness (QED) is 0.140. The second kappa shape index (κ2) is 12.5. The van der Waals surface area contributed by atoms with Gasteiger partial charge in [-0.05, 0) is 59.0 Å². The molecule has 3 aromatic carbocycles. The second-order valence-corrected chi connectivity index (χ2v) is 12.1. The maximum Gasteiger partial charge on any atom is 0.326 e. The van der Waals surface area contributed by atoms with Crippen LogP contribution < -0.4 is 21.0 Å². The van der Waals surface area contributed by atoms with Crippen molar-refractivity contribution in [1.82, 2.24) is 10.7 Å². The molecule has 0 bridgehead atoms. The number of nitrogens with zero attached hydrogens (tertiary/aromatic N) is 3. The summed E-state index contributed by atoms with van der Waals surface area (Å²) < 4.78 is 24.0. The van der Waals surface area contributed by atoms with E-state index in [-0.39, 0.29) is 22.8 Å². The van der Waals surface area contributed by atoms with E-state index in [2.05, 4.69) is 47.0 Å². The average Bonchev–Trinajstić information content (AvgIpc) is 2.91. The van der Waals surface area contributed by atoms with Crippen molar-refractivity contribution in [2.45, 2.75) is 37.6 Å². The van der Waals surface area contributed by atoms with Crippen LogP contribution in [-0.2, 0) is 21.8 Å². The Bertz CT molecular complexity index is 1510. The van der Waals surface area contributed by atoms with Crippen molar-refractivity contribution >= 4 is 39.1 Å². The number of anilines is 2. The van der Waals surface area contributed by atoms with Crippen LogP contribution >= 0.6 is 0 Å². The highest BCUT2D eigenvalue weighted by atomic mass is 32.2. The molecule has 0 saturated heterocycles. The van der Waals surface area contributed by atoms with E-state index in [1.165, 1.54) is 24.1 Å². The molecule has 0 heterocycles. The molecule has 0 atom stereocenters. The van der Waals surface area contributed by atoms with Crippen LogP contribution in [0.3, 0.4) is 0 Å². The smallest absolute Gasteiger partial charge is 0.310 e. The van der Waals surface area contributed by atoms with E-state index in [1.54, 1.807) is 36.4 Å². The zero-order chi connectivity index (χ0) is 29.5. The summed E-state index contributed by atoms with van der Waals surface area (Å²) in [4.78, 5) is 27.6.